The quantitative estimate of drug-likeness (QED) is 0.690. The van der Waals surface area contributed by atoms with E-state index < -0.39 is 17.4 Å². The van der Waals surface area contributed by atoms with Crippen molar-refractivity contribution in [1.82, 2.24) is 4.98 Å². The summed E-state index contributed by atoms with van der Waals surface area (Å²) in [5.41, 5.74) is 0.530. The molecule has 20 heavy (non-hydrogen) atoms. The summed E-state index contributed by atoms with van der Waals surface area (Å²) in [5, 5.41) is 0.178. The molecule has 3 rings (SSSR count). The Morgan fingerprint density at radius 3 is 2.65 bits per heavy atom. The molecule has 2 aromatic carbocycles. The number of H-pyrrole nitrogens is 1. The number of hydrogen-bond acceptors (Lipinski definition) is 1. The van der Waals surface area contributed by atoms with Gasteiger partial charge in [-0.3, -0.25) is 4.79 Å². The molecule has 0 radical (unpaired) electrons. The summed E-state index contributed by atoms with van der Waals surface area (Å²) in [6, 6.07) is 8.56. The molecule has 2 nitrogen and oxygen atoms in total. The molecule has 1 aromatic heterocycles. The van der Waals surface area contributed by atoms with E-state index in [1.807, 2.05) is 0 Å². The number of hydrogen-bond donors (Lipinski definition) is 1. The maximum absolute atomic E-state index is 13.9. The lowest BCUT2D eigenvalue weighted by atomic mass is 10.0. The van der Waals surface area contributed by atoms with Crippen LogP contribution in [-0.2, 0) is 0 Å². The Labute approximate surface area is 121 Å². The van der Waals surface area contributed by atoms with Gasteiger partial charge in [0.2, 0.25) is 0 Å². The molecular weight excluding hydrogens is 328 g/mol. The second kappa shape index (κ2) is 4.83. The molecule has 0 saturated carbocycles. The van der Waals surface area contributed by atoms with Crippen LogP contribution in [0.25, 0.3) is 10.9 Å². The lowest BCUT2D eigenvalue weighted by Crippen LogP contribution is -2.04. The summed E-state index contributed by atoms with van der Waals surface area (Å²) in [5.74, 6) is -1.70. The minimum Gasteiger partial charge on any atom is -0.360 e. The number of nitrogens with one attached hydrogen (secondary N) is 1. The summed E-state index contributed by atoms with van der Waals surface area (Å²) in [6.45, 7) is 0. The van der Waals surface area contributed by atoms with Gasteiger partial charge in [0.05, 0.1) is 11.1 Å². The van der Waals surface area contributed by atoms with Crippen molar-refractivity contribution in [1.29, 1.82) is 0 Å². The molecule has 0 unspecified atom stereocenters. The number of carbonyl (C=O) groups excluding carboxylic acids is 1. The fourth-order valence-corrected chi connectivity index (χ4v) is 2.50. The van der Waals surface area contributed by atoms with Crippen molar-refractivity contribution in [3.05, 3.63) is 69.8 Å². The van der Waals surface area contributed by atoms with Crippen molar-refractivity contribution in [3.8, 4) is 0 Å². The minimum absolute atomic E-state index is 0.0940. The van der Waals surface area contributed by atoms with Gasteiger partial charge >= 0.3 is 0 Å². The highest BCUT2D eigenvalue weighted by Gasteiger charge is 2.19. The fourth-order valence-electron chi connectivity index (χ4n) is 2.14. The summed E-state index contributed by atoms with van der Waals surface area (Å²) >= 11 is 3.19. The van der Waals surface area contributed by atoms with Crippen LogP contribution in [0.1, 0.15) is 15.9 Å². The first-order valence-electron chi connectivity index (χ1n) is 5.83. The number of aromatic nitrogens is 1. The number of fused-ring (bicyclic) bond motifs is 1. The second-order valence-corrected chi connectivity index (χ2v) is 5.23. The molecule has 0 fully saturated rings. The molecule has 0 aliphatic carbocycles. The molecule has 0 bridgehead atoms. The van der Waals surface area contributed by atoms with Gasteiger partial charge in [-0.15, -0.1) is 0 Å². The number of carbonyl (C=O) groups is 1. The first-order chi connectivity index (χ1) is 9.58. The highest BCUT2D eigenvalue weighted by molar-refractivity contribution is 9.10. The summed E-state index contributed by atoms with van der Waals surface area (Å²) in [7, 11) is 0. The third kappa shape index (κ3) is 2.04. The maximum Gasteiger partial charge on any atom is 0.198 e. The molecule has 100 valence electrons. The number of benzene rings is 2. The molecule has 0 aliphatic heterocycles. The Balaban J connectivity index is 2.21. The van der Waals surface area contributed by atoms with E-state index in [0.29, 0.717) is 9.99 Å². The van der Waals surface area contributed by atoms with Gasteiger partial charge in [-0.25, -0.2) is 8.78 Å². The lowest BCUT2D eigenvalue weighted by Gasteiger charge is -2.03. The Hall–Kier alpha value is -2.01. The predicted octanol–water partition coefficient (Wildman–Crippen LogP) is 4.44. The van der Waals surface area contributed by atoms with Crippen LogP contribution in [0.15, 0.2) is 47.1 Å². The Morgan fingerprint density at radius 2 is 1.85 bits per heavy atom. The Morgan fingerprint density at radius 1 is 1.05 bits per heavy atom. The Bertz CT molecular complexity index is 826. The molecule has 0 spiro atoms. The SMILES string of the molecule is O=C(c1cc(Br)ccc1F)c1c[nH]c2cccc(F)c12. The molecule has 0 aliphatic rings. The van der Waals surface area contributed by atoms with Gasteiger partial charge in [0, 0.05) is 21.6 Å². The van der Waals surface area contributed by atoms with Crippen LogP contribution >= 0.6 is 15.9 Å². The Kier molecular flexibility index (Phi) is 3.14. The highest BCUT2D eigenvalue weighted by Crippen LogP contribution is 2.26. The van der Waals surface area contributed by atoms with Crippen molar-refractivity contribution in [2.45, 2.75) is 0 Å². The van der Waals surface area contributed by atoms with Crippen molar-refractivity contribution < 1.29 is 13.6 Å². The number of halogens is 3. The van der Waals surface area contributed by atoms with Crippen LogP contribution in [0.3, 0.4) is 0 Å². The van der Waals surface area contributed by atoms with Crippen LogP contribution in [0.4, 0.5) is 8.78 Å². The van der Waals surface area contributed by atoms with Gasteiger partial charge in [0.15, 0.2) is 5.78 Å². The molecule has 0 atom stereocenters. The third-order valence-corrected chi connectivity index (χ3v) is 3.57. The second-order valence-electron chi connectivity index (χ2n) is 4.32. The summed E-state index contributed by atoms with van der Waals surface area (Å²) in [4.78, 5) is 15.2. The van der Waals surface area contributed by atoms with Crippen LogP contribution in [0.5, 0.6) is 0 Å². The number of ketones is 1. The van der Waals surface area contributed by atoms with Gasteiger partial charge in [-0.2, -0.15) is 0 Å². The van der Waals surface area contributed by atoms with Gasteiger partial charge < -0.3 is 4.98 Å². The van der Waals surface area contributed by atoms with E-state index in [4.69, 9.17) is 0 Å². The smallest absolute Gasteiger partial charge is 0.198 e. The van der Waals surface area contributed by atoms with Gasteiger partial charge in [0.25, 0.3) is 0 Å². The van der Waals surface area contributed by atoms with E-state index in [0.717, 1.165) is 0 Å². The van der Waals surface area contributed by atoms with Crippen LogP contribution < -0.4 is 0 Å². The zero-order valence-electron chi connectivity index (χ0n) is 10.1. The van der Waals surface area contributed by atoms with Crippen molar-refractivity contribution in [2.75, 3.05) is 0 Å². The minimum atomic E-state index is -0.635. The molecule has 0 saturated heterocycles. The first-order valence-corrected chi connectivity index (χ1v) is 6.62. The zero-order chi connectivity index (χ0) is 14.3. The third-order valence-electron chi connectivity index (χ3n) is 3.07. The topological polar surface area (TPSA) is 32.9 Å². The van der Waals surface area contributed by atoms with Crippen LogP contribution in [0.2, 0.25) is 0 Å². The summed E-state index contributed by atoms with van der Waals surface area (Å²) in [6.07, 6.45) is 1.40. The van der Waals surface area contributed by atoms with Gasteiger partial charge in [-0.1, -0.05) is 22.0 Å². The number of rotatable bonds is 2. The molecule has 1 N–H and O–H groups in total. The van der Waals surface area contributed by atoms with E-state index >= 15 is 0 Å². The van der Waals surface area contributed by atoms with Gasteiger partial charge in [0.1, 0.15) is 11.6 Å². The van der Waals surface area contributed by atoms with Crippen LogP contribution in [-0.4, -0.2) is 10.8 Å². The van der Waals surface area contributed by atoms with Crippen molar-refractivity contribution >= 4 is 32.6 Å². The monoisotopic (exact) mass is 335 g/mol. The summed E-state index contributed by atoms with van der Waals surface area (Å²) < 4.78 is 28.2. The largest absolute Gasteiger partial charge is 0.360 e. The van der Waals surface area contributed by atoms with Crippen LogP contribution in [0, 0.1) is 11.6 Å². The average molecular weight is 336 g/mol. The van der Waals surface area contributed by atoms with E-state index in [1.54, 1.807) is 12.1 Å². The van der Waals surface area contributed by atoms with E-state index in [-0.39, 0.29) is 16.5 Å². The van der Waals surface area contributed by atoms with E-state index in [1.165, 1.54) is 30.5 Å². The van der Waals surface area contributed by atoms with E-state index in [9.17, 15) is 13.6 Å². The number of aromatic amines is 1. The molecule has 1 heterocycles. The lowest BCUT2D eigenvalue weighted by molar-refractivity contribution is 0.103. The van der Waals surface area contributed by atoms with Crippen molar-refractivity contribution in [3.63, 3.8) is 0 Å². The highest BCUT2D eigenvalue weighted by atomic mass is 79.9. The molecule has 5 heteroatoms. The molecule has 3 aromatic rings. The normalized spacial score (nSPS) is 10.9. The predicted molar refractivity (Wildman–Crippen MR) is 75.8 cm³/mol. The van der Waals surface area contributed by atoms with Crippen molar-refractivity contribution in [2.24, 2.45) is 0 Å². The zero-order valence-corrected chi connectivity index (χ0v) is 11.7. The maximum atomic E-state index is 13.9. The van der Waals surface area contributed by atoms with E-state index in [2.05, 4.69) is 20.9 Å². The first kappa shape index (κ1) is 13.0. The average Bonchev–Trinajstić information content (AvgIpc) is 2.86. The fraction of sp³-hybridized carbons (Fsp3) is 0. The van der Waals surface area contributed by atoms with Gasteiger partial charge in [-0.05, 0) is 30.3 Å². The standard InChI is InChI=1S/C15H8BrF2NO/c16-8-4-5-11(17)9(6-8)15(20)10-7-19-13-3-1-2-12(18)14(10)13/h1-7,19H. The molecular formula is C15H8BrF2NO. The molecule has 0 amide bonds.